The highest BCUT2D eigenvalue weighted by molar-refractivity contribution is 7.89. The van der Waals surface area contributed by atoms with E-state index in [4.69, 9.17) is 4.74 Å². The van der Waals surface area contributed by atoms with Crippen LogP contribution in [0, 0.1) is 17.6 Å². The number of nitrogens with zero attached hydrogens (tertiary/aromatic N) is 1. The number of rotatable bonds is 6. The van der Waals surface area contributed by atoms with Gasteiger partial charge in [0.05, 0.1) is 17.7 Å². The number of carbonyl (C=O) groups excluding carboxylic acids is 1. The van der Waals surface area contributed by atoms with Crippen molar-refractivity contribution in [2.45, 2.75) is 17.7 Å². The number of piperidine rings is 1. The van der Waals surface area contributed by atoms with Crippen LogP contribution in [0.15, 0.2) is 47.4 Å². The molecule has 162 valence electrons. The van der Waals surface area contributed by atoms with Crippen LogP contribution in [0.3, 0.4) is 0 Å². The summed E-state index contributed by atoms with van der Waals surface area (Å²) >= 11 is 0. The Hall–Kier alpha value is -2.72. The Morgan fingerprint density at radius 2 is 1.83 bits per heavy atom. The molecule has 0 unspecified atom stereocenters. The topological polar surface area (TPSA) is 87.7 Å². The normalized spacial score (nSPS) is 15.1. The molecule has 2 aromatic rings. The number of amides is 2. The first kappa shape index (κ1) is 22.0. The summed E-state index contributed by atoms with van der Waals surface area (Å²) in [6, 6.07) is 9.30. The molecule has 2 amide bonds. The molecule has 1 aliphatic heterocycles. The summed E-state index contributed by atoms with van der Waals surface area (Å²) in [5.41, 5.74) is 0.575. The number of carbonyl (C=O) groups is 1. The molecule has 10 heteroatoms. The number of halogens is 2. The summed E-state index contributed by atoms with van der Waals surface area (Å²) in [6.07, 6.45) is 1.22. The van der Waals surface area contributed by atoms with Crippen LogP contribution in [-0.4, -0.2) is 46.1 Å². The van der Waals surface area contributed by atoms with Gasteiger partial charge in [0.2, 0.25) is 10.0 Å². The maximum Gasteiger partial charge on any atom is 0.321 e. The van der Waals surface area contributed by atoms with Gasteiger partial charge in [-0.1, -0.05) is 12.1 Å². The lowest BCUT2D eigenvalue weighted by molar-refractivity contribution is 0.183. The molecule has 3 rings (SSSR count). The molecule has 0 aromatic heterocycles. The number of nitrogens with one attached hydrogen (secondary N) is 2. The maximum absolute atomic E-state index is 13.3. The van der Waals surface area contributed by atoms with Crippen LogP contribution in [0.4, 0.5) is 19.3 Å². The zero-order valence-electron chi connectivity index (χ0n) is 16.4. The molecule has 7 nitrogen and oxygen atoms in total. The van der Waals surface area contributed by atoms with E-state index in [0.29, 0.717) is 43.4 Å². The lowest BCUT2D eigenvalue weighted by atomic mass is 9.97. The van der Waals surface area contributed by atoms with Crippen LogP contribution in [-0.2, 0) is 10.0 Å². The molecule has 0 atom stereocenters. The van der Waals surface area contributed by atoms with Crippen molar-refractivity contribution in [2.75, 3.05) is 32.1 Å². The second kappa shape index (κ2) is 9.40. The number of methoxy groups -OCH3 is 1. The summed E-state index contributed by atoms with van der Waals surface area (Å²) in [4.78, 5) is 13.8. The smallest absolute Gasteiger partial charge is 0.321 e. The highest BCUT2D eigenvalue weighted by Gasteiger charge is 2.25. The Kier molecular flexibility index (Phi) is 6.88. The lowest BCUT2D eigenvalue weighted by Crippen LogP contribution is -2.43. The molecule has 1 fully saturated rings. The number of hydrogen-bond acceptors (Lipinski definition) is 4. The highest BCUT2D eigenvalue weighted by atomic mass is 32.2. The number of sulfonamides is 1. The Morgan fingerprint density at radius 1 is 1.13 bits per heavy atom. The molecule has 0 aliphatic carbocycles. The molecular weight excluding hydrogens is 416 g/mol. The van der Waals surface area contributed by atoms with Crippen LogP contribution in [0.5, 0.6) is 5.75 Å². The van der Waals surface area contributed by atoms with E-state index in [0.717, 1.165) is 12.1 Å². The van der Waals surface area contributed by atoms with Gasteiger partial charge in [0.25, 0.3) is 0 Å². The fraction of sp³-hybridized carbons (Fsp3) is 0.350. The van der Waals surface area contributed by atoms with E-state index in [9.17, 15) is 22.0 Å². The van der Waals surface area contributed by atoms with Crippen LogP contribution < -0.4 is 14.8 Å². The molecular formula is C20H23F2N3O4S. The molecule has 1 aliphatic rings. The summed E-state index contributed by atoms with van der Waals surface area (Å²) < 4.78 is 58.6. The Morgan fingerprint density at radius 3 is 2.50 bits per heavy atom. The molecule has 0 radical (unpaired) electrons. The minimum atomic E-state index is -3.94. The molecule has 1 heterocycles. The summed E-state index contributed by atoms with van der Waals surface area (Å²) in [5, 5.41) is 2.82. The zero-order chi connectivity index (χ0) is 21.7. The van der Waals surface area contributed by atoms with E-state index >= 15 is 0 Å². The van der Waals surface area contributed by atoms with Crippen molar-refractivity contribution in [1.82, 2.24) is 9.62 Å². The van der Waals surface area contributed by atoms with Gasteiger partial charge in [-0.3, -0.25) is 0 Å². The van der Waals surface area contributed by atoms with Gasteiger partial charge < -0.3 is 15.0 Å². The quantitative estimate of drug-likeness (QED) is 0.724. The number of ether oxygens (including phenoxy) is 1. The fourth-order valence-electron chi connectivity index (χ4n) is 3.24. The summed E-state index contributed by atoms with van der Waals surface area (Å²) in [6.45, 7) is 1.10. The number of urea groups is 1. The summed E-state index contributed by atoms with van der Waals surface area (Å²) in [5.74, 6) is -1.73. The van der Waals surface area contributed by atoms with Crippen LogP contribution in [0.25, 0.3) is 0 Å². The Balaban J connectivity index is 1.50. The van der Waals surface area contributed by atoms with Gasteiger partial charge in [-0.05, 0) is 49.1 Å². The van der Waals surface area contributed by atoms with Crippen molar-refractivity contribution in [2.24, 2.45) is 5.92 Å². The molecule has 2 aromatic carbocycles. The predicted molar refractivity (Wildman–Crippen MR) is 108 cm³/mol. The van der Waals surface area contributed by atoms with Crippen LogP contribution in [0.2, 0.25) is 0 Å². The predicted octanol–water partition coefficient (Wildman–Crippen LogP) is 3.20. The van der Waals surface area contributed by atoms with E-state index < -0.39 is 21.7 Å². The Bertz CT molecular complexity index is 1010. The molecule has 1 saturated heterocycles. The van der Waals surface area contributed by atoms with Crippen molar-refractivity contribution in [3.8, 4) is 5.75 Å². The number of likely N-dealkylation sites (tertiary alicyclic amines) is 1. The van der Waals surface area contributed by atoms with Crippen LogP contribution >= 0.6 is 0 Å². The van der Waals surface area contributed by atoms with E-state index in [1.54, 1.807) is 29.2 Å². The third-order valence-corrected chi connectivity index (χ3v) is 6.43. The van der Waals surface area contributed by atoms with Gasteiger partial charge in [-0.2, -0.15) is 0 Å². The minimum absolute atomic E-state index is 0.0281. The van der Waals surface area contributed by atoms with Gasteiger partial charge >= 0.3 is 6.03 Å². The summed E-state index contributed by atoms with van der Waals surface area (Å²) in [7, 11) is -2.41. The number of anilines is 1. The number of benzene rings is 2. The van der Waals surface area contributed by atoms with Gasteiger partial charge in [0.1, 0.15) is 5.75 Å². The fourth-order valence-corrected chi connectivity index (χ4v) is 4.36. The second-order valence-corrected chi connectivity index (χ2v) is 8.76. The first-order valence-corrected chi connectivity index (χ1v) is 10.9. The van der Waals surface area contributed by atoms with Crippen molar-refractivity contribution in [1.29, 1.82) is 0 Å². The third-order valence-electron chi connectivity index (χ3n) is 5.01. The standard InChI is InChI=1S/C20H23F2N3O4S/c1-29-19-5-3-2-4-18(19)24-20(26)25-10-8-14(9-11-25)13-23-30(27,28)15-6-7-16(21)17(22)12-15/h2-7,12,14,23H,8-11,13H2,1H3,(H,24,26). The average molecular weight is 439 g/mol. The lowest BCUT2D eigenvalue weighted by Gasteiger charge is -2.32. The van der Waals surface area contributed by atoms with E-state index in [2.05, 4.69) is 10.0 Å². The van der Waals surface area contributed by atoms with E-state index in [1.165, 1.54) is 7.11 Å². The first-order chi connectivity index (χ1) is 14.3. The van der Waals surface area contributed by atoms with E-state index in [-0.39, 0.29) is 23.4 Å². The van der Waals surface area contributed by atoms with Crippen molar-refractivity contribution >= 4 is 21.7 Å². The number of hydrogen-bond donors (Lipinski definition) is 2. The minimum Gasteiger partial charge on any atom is -0.495 e. The highest BCUT2D eigenvalue weighted by Crippen LogP contribution is 2.24. The molecule has 2 N–H and O–H groups in total. The van der Waals surface area contributed by atoms with Crippen LogP contribution in [0.1, 0.15) is 12.8 Å². The van der Waals surface area contributed by atoms with E-state index in [1.807, 2.05) is 0 Å². The van der Waals surface area contributed by atoms with Gasteiger partial charge in [0.15, 0.2) is 11.6 Å². The largest absolute Gasteiger partial charge is 0.495 e. The molecule has 0 bridgehead atoms. The monoisotopic (exact) mass is 439 g/mol. The second-order valence-electron chi connectivity index (χ2n) is 6.99. The molecule has 0 spiro atoms. The third kappa shape index (κ3) is 5.25. The van der Waals surface area contributed by atoms with Crippen molar-refractivity contribution in [3.05, 3.63) is 54.1 Å². The average Bonchev–Trinajstić information content (AvgIpc) is 2.75. The Labute approximate surface area is 174 Å². The van der Waals surface area contributed by atoms with Gasteiger partial charge in [-0.25, -0.2) is 26.7 Å². The van der Waals surface area contributed by atoms with Crippen molar-refractivity contribution in [3.63, 3.8) is 0 Å². The zero-order valence-corrected chi connectivity index (χ0v) is 17.2. The van der Waals surface area contributed by atoms with Crippen molar-refractivity contribution < 1.29 is 26.7 Å². The number of para-hydroxylation sites is 2. The molecule has 30 heavy (non-hydrogen) atoms. The van der Waals surface area contributed by atoms with Gasteiger partial charge in [-0.15, -0.1) is 0 Å². The SMILES string of the molecule is COc1ccccc1NC(=O)N1CCC(CNS(=O)(=O)c2ccc(F)c(F)c2)CC1. The first-order valence-electron chi connectivity index (χ1n) is 9.44. The van der Waals surface area contributed by atoms with Gasteiger partial charge in [0, 0.05) is 19.6 Å². The maximum atomic E-state index is 13.3. The molecule has 0 saturated carbocycles.